The van der Waals surface area contributed by atoms with Gasteiger partial charge in [-0.2, -0.15) is 0 Å². The van der Waals surface area contributed by atoms with E-state index in [4.69, 9.17) is 9.47 Å². The van der Waals surface area contributed by atoms with E-state index in [9.17, 15) is 17.6 Å². The van der Waals surface area contributed by atoms with Crippen LogP contribution in [0.2, 0.25) is 0 Å². The molecule has 0 unspecified atom stereocenters. The maximum Gasteiger partial charge on any atom is 0.265 e. The first kappa shape index (κ1) is 23.6. The van der Waals surface area contributed by atoms with E-state index in [0.717, 1.165) is 14.8 Å². The normalized spacial score (nSPS) is 11.0. The summed E-state index contributed by atoms with van der Waals surface area (Å²) in [7, 11) is -1.55. The Balaban J connectivity index is 2.01. The molecule has 1 amide bonds. The minimum atomic E-state index is -4.34. The number of benzene rings is 3. The fourth-order valence-electron chi connectivity index (χ4n) is 2.96. The van der Waals surface area contributed by atoms with Gasteiger partial charge in [-0.3, -0.25) is 9.10 Å². The largest absolute Gasteiger partial charge is 0.493 e. The summed E-state index contributed by atoms with van der Waals surface area (Å²) >= 11 is 3.31. The van der Waals surface area contributed by atoms with Gasteiger partial charge in [-0.25, -0.2) is 12.8 Å². The number of rotatable bonds is 8. The lowest BCUT2D eigenvalue weighted by atomic mass is 10.3. The molecule has 0 bridgehead atoms. The molecule has 10 heteroatoms. The second-order valence-electron chi connectivity index (χ2n) is 6.54. The molecule has 7 nitrogen and oxygen atoms in total. The highest BCUT2D eigenvalue weighted by atomic mass is 79.9. The van der Waals surface area contributed by atoms with Gasteiger partial charge in [0.15, 0.2) is 11.5 Å². The molecule has 0 atom stereocenters. The molecule has 3 rings (SSSR count). The Labute approximate surface area is 193 Å². The molecule has 32 heavy (non-hydrogen) atoms. The van der Waals surface area contributed by atoms with Crippen LogP contribution < -0.4 is 19.1 Å². The topological polar surface area (TPSA) is 84.9 Å². The maximum absolute atomic E-state index is 14.6. The molecule has 0 fully saturated rings. The van der Waals surface area contributed by atoms with E-state index in [-0.39, 0.29) is 16.3 Å². The number of nitrogens with one attached hydrogen (secondary N) is 1. The van der Waals surface area contributed by atoms with Crippen molar-refractivity contribution in [3.8, 4) is 11.5 Å². The van der Waals surface area contributed by atoms with Gasteiger partial charge in [0, 0.05) is 16.2 Å². The van der Waals surface area contributed by atoms with Crippen LogP contribution in [-0.2, 0) is 14.8 Å². The molecule has 0 aliphatic heterocycles. The van der Waals surface area contributed by atoms with Gasteiger partial charge >= 0.3 is 0 Å². The van der Waals surface area contributed by atoms with Crippen LogP contribution in [0, 0.1) is 5.82 Å². The molecule has 0 heterocycles. The van der Waals surface area contributed by atoms with Gasteiger partial charge in [-0.05, 0) is 42.5 Å². The summed E-state index contributed by atoms with van der Waals surface area (Å²) in [6.07, 6.45) is 0. The minimum Gasteiger partial charge on any atom is -0.493 e. The number of halogens is 2. The van der Waals surface area contributed by atoms with E-state index in [1.807, 2.05) is 0 Å². The average molecular weight is 523 g/mol. The third-order valence-corrected chi connectivity index (χ3v) is 6.71. The molecule has 1 N–H and O–H groups in total. The van der Waals surface area contributed by atoms with Gasteiger partial charge < -0.3 is 14.8 Å². The van der Waals surface area contributed by atoms with Gasteiger partial charge in [0.1, 0.15) is 12.4 Å². The number of amides is 1. The number of ether oxygens (including phenoxy) is 2. The second-order valence-corrected chi connectivity index (χ2v) is 9.32. The molecule has 0 radical (unpaired) electrons. The van der Waals surface area contributed by atoms with Crippen molar-refractivity contribution in [3.05, 3.63) is 77.0 Å². The Hall–Kier alpha value is -3.11. The van der Waals surface area contributed by atoms with Crippen LogP contribution in [0.15, 0.2) is 76.1 Å². The molecule has 0 aromatic heterocycles. The summed E-state index contributed by atoms with van der Waals surface area (Å²) in [5, 5.41) is 2.62. The monoisotopic (exact) mass is 522 g/mol. The number of nitrogens with zero attached hydrogens (tertiary/aromatic N) is 1. The Morgan fingerprint density at radius 1 is 1.00 bits per heavy atom. The third kappa shape index (κ3) is 5.20. The first-order chi connectivity index (χ1) is 15.3. The fraction of sp³-hybridized carbons (Fsp3) is 0.136. The summed E-state index contributed by atoms with van der Waals surface area (Å²) in [6, 6.07) is 16.1. The molecule has 168 valence electrons. The SMILES string of the molecule is COc1ccc(S(=O)(=O)N(CC(=O)Nc2cccc(Br)c2)c2ccccc2F)cc1OC. The van der Waals surface area contributed by atoms with Crippen LogP contribution in [0.1, 0.15) is 0 Å². The van der Waals surface area contributed by atoms with E-state index >= 15 is 0 Å². The first-order valence-electron chi connectivity index (χ1n) is 9.31. The number of carbonyl (C=O) groups is 1. The van der Waals surface area contributed by atoms with Crippen LogP contribution in [0.4, 0.5) is 15.8 Å². The quantitative estimate of drug-likeness (QED) is 0.472. The minimum absolute atomic E-state index is 0.181. The van der Waals surface area contributed by atoms with Crippen LogP contribution in [0.5, 0.6) is 11.5 Å². The molecule has 3 aromatic rings. The van der Waals surface area contributed by atoms with Crippen LogP contribution in [0.3, 0.4) is 0 Å². The summed E-state index contributed by atoms with van der Waals surface area (Å²) in [6.45, 7) is -0.649. The molecular formula is C22H20BrFN2O5S. The van der Waals surface area contributed by atoms with E-state index < -0.39 is 28.3 Å². The van der Waals surface area contributed by atoms with Gasteiger partial charge in [-0.1, -0.05) is 34.1 Å². The van der Waals surface area contributed by atoms with E-state index in [1.54, 1.807) is 24.3 Å². The Bertz CT molecular complexity index is 1240. The van der Waals surface area contributed by atoms with E-state index in [2.05, 4.69) is 21.2 Å². The molecule has 3 aromatic carbocycles. The highest BCUT2D eigenvalue weighted by Crippen LogP contribution is 2.33. The van der Waals surface area contributed by atoms with Crippen molar-refractivity contribution in [1.29, 1.82) is 0 Å². The van der Waals surface area contributed by atoms with Gasteiger partial charge in [-0.15, -0.1) is 0 Å². The molecule has 0 aliphatic carbocycles. The molecule has 0 aliphatic rings. The Morgan fingerprint density at radius 3 is 2.38 bits per heavy atom. The van der Waals surface area contributed by atoms with Crippen LogP contribution >= 0.6 is 15.9 Å². The Morgan fingerprint density at radius 2 is 1.72 bits per heavy atom. The number of para-hydroxylation sites is 1. The number of hydrogen-bond acceptors (Lipinski definition) is 5. The van der Waals surface area contributed by atoms with Crippen molar-refractivity contribution in [2.45, 2.75) is 4.90 Å². The lowest BCUT2D eigenvalue weighted by Gasteiger charge is -2.25. The number of carbonyl (C=O) groups excluding carboxylic acids is 1. The van der Waals surface area contributed by atoms with Gasteiger partial charge in [0.05, 0.1) is 24.8 Å². The molecule has 0 saturated heterocycles. The second kappa shape index (κ2) is 10.0. The smallest absolute Gasteiger partial charge is 0.265 e. The molecular weight excluding hydrogens is 503 g/mol. The van der Waals surface area contributed by atoms with E-state index in [1.165, 1.54) is 50.6 Å². The number of sulfonamides is 1. The Kier molecular flexibility index (Phi) is 7.37. The fourth-order valence-corrected chi connectivity index (χ4v) is 4.80. The zero-order valence-corrected chi connectivity index (χ0v) is 19.6. The van der Waals surface area contributed by atoms with Gasteiger partial charge in [0.25, 0.3) is 10.0 Å². The standard InChI is InChI=1S/C22H20BrFN2O5S/c1-30-20-11-10-17(13-21(20)31-2)32(28,29)26(19-9-4-3-8-18(19)24)14-22(27)25-16-7-5-6-15(23)12-16/h3-13H,14H2,1-2H3,(H,25,27). The van der Waals surface area contributed by atoms with Crippen molar-refractivity contribution in [1.82, 2.24) is 0 Å². The lowest BCUT2D eigenvalue weighted by molar-refractivity contribution is -0.114. The summed E-state index contributed by atoms with van der Waals surface area (Å²) in [5.74, 6) is -0.917. The molecule has 0 spiro atoms. The highest BCUT2D eigenvalue weighted by Gasteiger charge is 2.30. The van der Waals surface area contributed by atoms with Crippen molar-refractivity contribution >= 4 is 43.2 Å². The van der Waals surface area contributed by atoms with Crippen LogP contribution in [-0.4, -0.2) is 35.1 Å². The predicted molar refractivity (Wildman–Crippen MR) is 123 cm³/mol. The lowest BCUT2D eigenvalue weighted by Crippen LogP contribution is -2.38. The van der Waals surface area contributed by atoms with E-state index in [0.29, 0.717) is 11.4 Å². The van der Waals surface area contributed by atoms with Crippen molar-refractivity contribution in [2.75, 3.05) is 30.4 Å². The van der Waals surface area contributed by atoms with Crippen molar-refractivity contribution in [2.24, 2.45) is 0 Å². The average Bonchev–Trinajstić information content (AvgIpc) is 2.77. The zero-order valence-electron chi connectivity index (χ0n) is 17.2. The summed E-state index contributed by atoms with van der Waals surface area (Å²) in [4.78, 5) is 12.5. The first-order valence-corrected chi connectivity index (χ1v) is 11.5. The summed E-state index contributed by atoms with van der Waals surface area (Å²) < 4.78 is 53.3. The van der Waals surface area contributed by atoms with Gasteiger partial charge in [0.2, 0.25) is 5.91 Å². The van der Waals surface area contributed by atoms with Crippen LogP contribution in [0.25, 0.3) is 0 Å². The third-order valence-electron chi connectivity index (χ3n) is 4.46. The number of methoxy groups -OCH3 is 2. The predicted octanol–water partition coefficient (Wildman–Crippen LogP) is 4.44. The number of anilines is 2. The van der Waals surface area contributed by atoms with Crippen molar-refractivity contribution in [3.63, 3.8) is 0 Å². The zero-order chi connectivity index (χ0) is 23.3. The number of hydrogen-bond donors (Lipinski definition) is 1. The summed E-state index contributed by atoms with van der Waals surface area (Å²) in [5.41, 5.74) is 0.202. The van der Waals surface area contributed by atoms with Crippen molar-refractivity contribution < 1.29 is 27.1 Å². The highest BCUT2D eigenvalue weighted by molar-refractivity contribution is 9.10. The maximum atomic E-state index is 14.6. The molecule has 0 saturated carbocycles.